The first-order valence-corrected chi connectivity index (χ1v) is 11.4. The molecule has 0 spiro atoms. The van der Waals surface area contributed by atoms with E-state index in [1.807, 2.05) is 0 Å². The molecular formula is C26H23F6N3O2. The second-order valence-electron chi connectivity index (χ2n) is 8.86. The molecule has 0 bridgehead atoms. The SMILES string of the molecule is CN(CCc1cccc(C(F)(F)F)n1)[C@@H]1C[C@H](c2cccc(O)c2)N(c2ccc(C(F)(F)F)cc2)C1=O. The van der Waals surface area contributed by atoms with Crippen LogP contribution in [0.15, 0.2) is 66.7 Å². The fourth-order valence-electron chi connectivity index (χ4n) is 4.46. The Labute approximate surface area is 209 Å². The van der Waals surface area contributed by atoms with E-state index in [2.05, 4.69) is 4.98 Å². The van der Waals surface area contributed by atoms with Crippen molar-refractivity contribution in [3.63, 3.8) is 0 Å². The molecule has 5 nitrogen and oxygen atoms in total. The normalized spacial score (nSPS) is 18.6. The molecule has 1 saturated heterocycles. The van der Waals surface area contributed by atoms with Gasteiger partial charge < -0.3 is 10.0 Å². The number of nitrogens with zero attached hydrogens (tertiary/aromatic N) is 3. The van der Waals surface area contributed by atoms with Gasteiger partial charge in [-0.2, -0.15) is 26.3 Å². The lowest BCUT2D eigenvalue weighted by Crippen LogP contribution is -2.40. The number of hydrogen-bond acceptors (Lipinski definition) is 4. The molecule has 1 aliphatic rings. The number of pyridine rings is 1. The van der Waals surface area contributed by atoms with Gasteiger partial charge in [0.15, 0.2) is 0 Å². The smallest absolute Gasteiger partial charge is 0.433 e. The quantitative estimate of drug-likeness (QED) is 0.412. The molecule has 1 aliphatic heterocycles. The number of phenolic OH excluding ortho intramolecular Hbond substituents is 1. The Morgan fingerprint density at radius 1 is 0.973 bits per heavy atom. The van der Waals surface area contributed by atoms with Crippen molar-refractivity contribution in [1.82, 2.24) is 9.88 Å². The topological polar surface area (TPSA) is 56.7 Å². The van der Waals surface area contributed by atoms with Crippen LogP contribution < -0.4 is 4.90 Å². The van der Waals surface area contributed by atoms with Crippen molar-refractivity contribution in [3.8, 4) is 5.75 Å². The number of aromatic nitrogens is 1. The first-order valence-electron chi connectivity index (χ1n) is 11.4. The molecule has 2 aromatic carbocycles. The van der Waals surface area contributed by atoms with Gasteiger partial charge in [0.05, 0.1) is 17.6 Å². The summed E-state index contributed by atoms with van der Waals surface area (Å²) in [6.07, 6.45) is -8.69. The molecule has 37 heavy (non-hydrogen) atoms. The summed E-state index contributed by atoms with van der Waals surface area (Å²) in [6.45, 7) is 0.221. The van der Waals surface area contributed by atoms with Crippen LogP contribution >= 0.6 is 0 Å². The van der Waals surface area contributed by atoms with Crippen molar-refractivity contribution in [1.29, 1.82) is 0 Å². The Morgan fingerprint density at radius 2 is 1.65 bits per heavy atom. The molecule has 2 heterocycles. The standard InChI is InChI=1S/C26H23F6N3O2/c1-34(13-12-18-5-3-7-23(33-18)26(30,31)32)22-15-21(16-4-2-6-20(36)14-16)35(24(22)37)19-10-8-17(9-11-19)25(27,28)29/h2-11,14,21-22,36H,12-13,15H2,1H3/t21-,22-/m1/s1. The largest absolute Gasteiger partial charge is 0.508 e. The number of phenols is 1. The fourth-order valence-corrected chi connectivity index (χ4v) is 4.46. The second kappa shape index (κ2) is 10.0. The van der Waals surface area contributed by atoms with Gasteiger partial charge in [-0.25, -0.2) is 4.98 Å². The van der Waals surface area contributed by atoms with Gasteiger partial charge in [-0.15, -0.1) is 0 Å². The number of anilines is 1. The first kappa shape index (κ1) is 26.5. The summed E-state index contributed by atoms with van der Waals surface area (Å²) in [4.78, 5) is 20.3. The van der Waals surface area contributed by atoms with Crippen molar-refractivity contribution in [2.75, 3.05) is 18.5 Å². The fraction of sp³-hybridized carbons (Fsp3) is 0.308. The molecule has 11 heteroatoms. The zero-order valence-electron chi connectivity index (χ0n) is 19.6. The van der Waals surface area contributed by atoms with E-state index < -0.39 is 35.7 Å². The number of aromatic hydroxyl groups is 1. The van der Waals surface area contributed by atoms with Gasteiger partial charge in [0.1, 0.15) is 11.4 Å². The maximum atomic E-state index is 13.5. The number of carbonyl (C=O) groups excluding carboxylic acids is 1. The summed E-state index contributed by atoms with van der Waals surface area (Å²) in [5, 5.41) is 9.96. The van der Waals surface area contributed by atoms with Crippen molar-refractivity contribution in [3.05, 3.63) is 89.2 Å². The van der Waals surface area contributed by atoms with Crippen LogP contribution in [-0.2, 0) is 23.6 Å². The van der Waals surface area contributed by atoms with E-state index in [1.54, 1.807) is 24.1 Å². The number of hydrogen-bond donors (Lipinski definition) is 1. The van der Waals surface area contributed by atoms with Crippen LogP contribution in [0.25, 0.3) is 0 Å². The summed E-state index contributed by atoms with van der Waals surface area (Å²) in [5.41, 5.74) is -0.761. The lowest BCUT2D eigenvalue weighted by atomic mass is 10.0. The summed E-state index contributed by atoms with van der Waals surface area (Å²) < 4.78 is 78.1. The van der Waals surface area contributed by atoms with E-state index in [4.69, 9.17) is 0 Å². The van der Waals surface area contributed by atoms with E-state index >= 15 is 0 Å². The van der Waals surface area contributed by atoms with Crippen LogP contribution in [0.5, 0.6) is 5.75 Å². The zero-order chi connectivity index (χ0) is 27.0. The number of carbonyl (C=O) groups is 1. The van der Waals surface area contributed by atoms with Crippen LogP contribution in [0, 0.1) is 0 Å². The van der Waals surface area contributed by atoms with Gasteiger partial charge in [0.2, 0.25) is 5.91 Å². The Balaban J connectivity index is 1.58. The molecule has 0 unspecified atom stereocenters. The third-order valence-electron chi connectivity index (χ3n) is 6.36. The lowest BCUT2D eigenvalue weighted by molar-refractivity contribution is -0.141. The molecule has 1 fully saturated rings. The Bertz CT molecular complexity index is 1260. The number of halogens is 6. The van der Waals surface area contributed by atoms with Crippen molar-refractivity contribution < 1.29 is 36.2 Å². The van der Waals surface area contributed by atoms with Gasteiger partial charge in [-0.3, -0.25) is 9.69 Å². The number of rotatable bonds is 6. The first-order chi connectivity index (χ1) is 17.3. The van der Waals surface area contributed by atoms with Gasteiger partial charge in [-0.05, 0) is 67.6 Å². The molecule has 1 aromatic heterocycles. The average molecular weight is 523 g/mol. The minimum absolute atomic E-state index is 0.0234. The van der Waals surface area contributed by atoms with Crippen LogP contribution in [0.1, 0.15) is 35.0 Å². The average Bonchev–Trinajstić information content (AvgIpc) is 3.19. The van der Waals surface area contributed by atoms with Gasteiger partial charge in [0, 0.05) is 24.3 Å². The van der Waals surface area contributed by atoms with E-state index in [9.17, 15) is 36.2 Å². The highest BCUT2D eigenvalue weighted by Gasteiger charge is 2.43. The molecule has 0 radical (unpaired) electrons. The maximum absolute atomic E-state index is 13.5. The van der Waals surface area contributed by atoms with E-state index in [1.165, 1.54) is 41.3 Å². The minimum atomic E-state index is -4.57. The highest BCUT2D eigenvalue weighted by Crippen LogP contribution is 2.40. The van der Waals surface area contributed by atoms with Gasteiger partial charge in [-0.1, -0.05) is 18.2 Å². The lowest BCUT2D eigenvalue weighted by Gasteiger charge is -2.26. The summed E-state index contributed by atoms with van der Waals surface area (Å²) in [5.74, 6) is -0.391. The van der Waals surface area contributed by atoms with E-state index in [0.29, 0.717) is 5.56 Å². The van der Waals surface area contributed by atoms with Crippen LogP contribution in [0.2, 0.25) is 0 Å². The molecular weight excluding hydrogens is 500 g/mol. The maximum Gasteiger partial charge on any atom is 0.433 e. The summed E-state index contributed by atoms with van der Waals surface area (Å²) in [6, 6.07) is 12.9. The molecule has 196 valence electrons. The highest BCUT2D eigenvalue weighted by atomic mass is 19.4. The van der Waals surface area contributed by atoms with Crippen molar-refractivity contribution in [2.24, 2.45) is 0 Å². The highest BCUT2D eigenvalue weighted by molar-refractivity contribution is 6.00. The predicted octanol–water partition coefficient (Wildman–Crippen LogP) is 5.85. The van der Waals surface area contributed by atoms with Gasteiger partial charge in [0.25, 0.3) is 0 Å². The zero-order valence-corrected chi connectivity index (χ0v) is 19.6. The number of likely N-dealkylation sites (N-methyl/N-ethyl adjacent to an activating group) is 1. The third kappa shape index (κ3) is 5.87. The summed E-state index contributed by atoms with van der Waals surface area (Å²) >= 11 is 0. The third-order valence-corrected chi connectivity index (χ3v) is 6.36. The van der Waals surface area contributed by atoms with Crippen molar-refractivity contribution in [2.45, 2.75) is 37.3 Å². The van der Waals surface area contributed by atoms with Crippen LogP contribution in [0.4, 0.5) is 32.0 Å². The molecule has 0 saturated carbocycles. The van der Waals surface area contributed by atoms with E-state index in [0.717, 1.165) is 18.2 Å². The predicted molar refractivity (Wildman–Crippen MR) is 124 cm³/mol. The van der Waals surface area contributed by atoms with Crippen molar-refractivity contribution >= 4 is 11.6 Å². The van der Waals surface area contributed by atoms with Gasteiger partial charge >= 0.3 is 12.4 Å². The monoisotopic (exact) mass is 523 g/mol. The number of alkyl halides is 6. The van der Waals surface area contributed by atoms with Crippen LogP contribution in [0.3, 0.4) is 0 Å². The van der Waals surface area contributed by atoms with Crippen LogP contribution in [-0.4, -0.2) is 40.5 Å². The molecule has 1 N–H and O–H groups in total. The second-order valence-corrected chi connectivity index (χ2v) is 8.86. The minimum Gasteiger partial charge on any atom is -0.508 e. The molecule has 0 aliphatic carbocycles. The molecule has 4 rings (SSSR count). The molecule has 3 aromatic rings. The number of benzene rings is 2. The molecule has 1 amide bonds. The molecule has 2 atom stereocenters. The number of amides is 1. The Hall–Kier alpha value is -3.60. The Kier molecular flexibility index (Phi) is 7.18. The Morgan fingerprint density at radius 3 is 2.27 bits per heavy atom. The summed E-state index contributed by atoms with van der Waals surface area (Å²) in [7, 11) is 1.66. The van der Waals surface area contributed by atoms with E-state index in [-0.39, 0.29) is 42.4 Å².